The SMILES string of the molecule is Cc1cccc(CNC(=O)c2cccc(N3CCCC3=O)c2)c1. The van der Waals surface area contributed by atoms with Gasteiger partial charge in [0.25, 0.3) is 5.91 Å². The Labute approximate surface area is 136 Å². The summed E-state index contributed by atoms with van der Waals surface area (Å²) < 4.78 is 0. The van der Waals surface area contributed by atoms with Gasteiger partial charge in [0.1, 0.15) is 0 Å². The maximum absolute atomic E-state index is 12.3. The molecule has 0 radical (unpaired) electrons. The highest BCUT2D eigenvalue weighted by Crippen LogP contribution is 2.22. The van der Waals surface area contributed by atoms with Crippen molar-refractivity contribution in [3.63, 3.8) is 0 Å². The van der Waals surface area contributed by atoms with Gasteiger partial charge in [0.05, 0.1) is 0 Å². The van der Waals surface area contributed by atoms with E-state index in [1.165, 1.54) is 5.56 Å². The lowest BCUT2D eigenvalue weighted by Gasteiger charge is -2.16. The summed E-state index contributed by atoms with van der Waals surface area (Å²) in [4.78, 5) is 25.9. The van der Waals surface area contributed by atoms with Crippen LogP contribution in [0.1, 0.15) is 34.3 Å². The van der Waals surface area contributed by atoms with Crippen LogP contribution in [0.5, 0.6) is 0 Å². The van der Waals surface area contributed by atoms with E-state index in [0.29, 0.717) is 18.5 Å². The number of anilines is 1. The molecule has 1 heterocycles. The van der Waals surface area contributed by atoms with Gasteiger partial charge in [0.15, 0.2) is 0 Å². The number of amides is 2. The molecule has 1 aliphatic heterocycles. The topological polar surface area (TPSA) is 49.4 Å². The maximum atomic E-state index is 12.3. The average Bonchev–Trinajstić information content (AvgIpc) is 2.99. The number of hydrogen-bond donors (Lipinski definition) is 1. The number of carbonyl (C=O) groups is 2. The van der Waals surface area contributed by atoms with E-state index in [0.717, 1.165) is 24.2 Å². The lowest BCUT2D eigenvalue weighted by Crippen LogP contribution is -2.25. The number of rotatable bonds is 4. The highest BCUT2D eigenvalue weighted by Gasteiger charge is 2.22. The smallest absolute Gasteiger partial charge is 0.251 e. The summed E-state index contributed by atoms with van der Waals surface area (Å²) in [6, 6.07) is 15.3. The number of carbonyl (C=O) groups excluding carboxylic acids is 2. The summed E-state index contributed by atoms with van der Waals surface area (Å²) in [6.07, 6.45) is 1.46. The zero-order chi connectivity index (χ0) is 16.2. The van der Waals surface area contributed by atoms with Gasteiger partial charge in [-0.15, -0.1) is 0 Å². The van der Waals surface area contributed by atoms with Crippen LogP contribution in [0.4, 0.5) is 5.69 Å². The van der Waals surface area contributed by atoms with E-state index in [1.807, 2.05) is 37.3 Å². The van der Waals surface area contributed by atoms with Gasteiger partial charge >= 0.3 is 0 Å². The van der Waals surface area contributed by atoms with Crippen molar-refractivity contribution in [2.24, 2.45) is 0 Å². The fourth-order valence-electron chi connectivity index (χ4n) is 2.84. The quantitative estimate of drug-likeness (QED) is 0.943. The minimum absolute atomic E-state index is 0.125. The van der Waals surface area contributed by atoms with Crippen LogP contribution in [0.3, 0.4) is 0 Å². The van der Waals surface area contributed by atoms with Gasteiger partial charge in [0.2, 0.25) is 5.91 Å². The molecule has 2 aromatic rings. The summed E-state index contributed by atoms with van der Waals surface area (Å²) in [7, 11) is 0. The van der Waals surface area contributed by atoms with Gasteiger partial charge in [-0.2, -0.15) is 0 Å². The Morgan fingerprint density at radius 1 is 1.17 bits per heavy atom. The molecule has 2 aromatic carbocycles. The minimum Gasteiger partial charge on any atom is -0.348 e. The van der Waals surface area contributed by atoms with Gasteiger partial charge in [-0.3, -0.25) is 9.59 Å². The monoisotopic (exact) mass is 308 g/mol. The lowest BCUT2D eigenvalue weighted by molar-refractivity contribution is -0.117. The van der Waals surface area contributed by atoms with Crippen LogP contribution in [0, 0.1) is 6.92 Å². The molecule has 2 amide bonds. The summed E-state index contributed by atoms with van der Waals surface area (Å²) in [5.41, 5.74) is 3.63. The third-order valence-corrected chi connectivity index (χ3v) is 4.03. The predicted octanol–water partition coefficient (Wildman–Crippen LogP) is 3.05. The van der Waals surface area contributed by atoms with Crippen LogP contribution >= 0.6 is 0 Å². The van der Waals surface area contributed by atoms with Crippen LogP contribution in [0.25, 0.3) is 0 Å². The number of hydrogen-bond acceptors (Lipinski definition) is 2. The molecule has 1 saturated heterocycles. The van der Waals surface area contributed by atoms with Crippen molar-refractivity contribution in [2.75, 3.05) is 11.4 Å². The molecular weight excluding hydrogens is 288 g/mol. The fourth-order valence-corrected chi connectivity index (χ4v) is 2.84. The lowest BCUT2D eigenvalue weighted by atomic mass is 10.1. The zero-order valence-electron chi connectivity index (χ0n) is 13.2. The Kier molecular flexibility index (Phi) is 4.42. The van der Waals surface area contributed by atoms with E-state index < -0.39 is 0 Å². The molecule has 118 valence electrons. The molecule has 4 nitrogen and oxygen atoms in total. The van der Waals surface area contributed by atoms with Gasteiger partial charge in [-0.05, 0) is 37.1 Å². The molecule has 1 fully saturated rings. The molecule has 0 aromatic heterocycles. The van der Waals surface area contributed by atoms with Gasteiger partial charge in [0, 0.05) is 30.8 Å². The van der Waals surface area contributed by atoms with Crippen molar-refractivity contribution in [1.82, 2.24) is 5.32 Å². The fraction of sp³-hybridized carbons (Fsp3) is 0.263. The van der Waals surface area contributed by atoms with Crippen LogP contribution < -0.4 is 10.2 Å². The molecule has 3 rings (SSSR count). The van der Waals surface area contributed by atoms with E-state index in [2.05, 4.69) is 11.4 Å². The Morgan fingerprint density at radius 2 is 2.00 bits per heavy atom. The molecule has 0 atom stereocenters. The van der Waals surface area contributed by atoms with E-state index in [-0.39, 0.29) is 11.8 Å². The molecule has 0 spiro atoms. The minimum atomic E-state index is -0.125. The van der Waals surface area contributed by atoms with Gasteiger partial charge in [-0.1, -0.05) is 35.9 Å². The zero-order valence-corrected chi connectivity index (χ0v) is 13.2. The Balaban J connectivity index is 1.69. The Morgan fingerprint density at radius 3 is 2.74 bits per heavy atom. The molecule has 0 aliphatic carbocycles. The molecule has 0 bridgehead atoms. The molecule has 1 aliphatic rings. The van der Waals surface area contributed by atoms with Gasteiger partial charge in [-0.25, -0.2) is 0 Å². The first-order valence-electron chi connectivity index (χ1n) is 7.88. The molecular formula is C19H20N2O2. The largest absolute Gasteiger partial charge is 0.348 e. The Bertz CT molecular complexity index is 740. The van der Waals surface area contributed by atoms with Crippen molar-refractivity contribution < 1.29 is 9.59 Å². The van der Waals surface area contributed by atoms with Crippen molar-refractivity contribution in [1.29, 1.82) is 0 Å². The van der Waals surface area contributed by atoms with Crippen LogP contribution in [0.2, 0.25) is 0 Å². The van der Waals surface area contributed by atoms with Crippen molar-refractivity contribution in [3.8, 4) is 0 Å². The number of benzene rings is 2. The highest BCUT2D eigenvalue weighted by molar-refractivity contribution is 5.99. The summed E-state index contributed by atoms with van der Waals surface area (Å²) in [5.74, 6) is 0.00215. The predicted molar refractivity (Wildman–Crippen MR) is 90.4 cm³/mol. The van der Waals surface area contributed by atoms with E-state index >= 15 is 0 Å². The first-order valence-corrected chi connectivity index (χ1v) is 7.88. The van der Waals surface area contributed by atoms with Gasteiger partial charge < -0.3 is 10.2 Å². The molecule has 1 N–H and O–H groups in total. The second kappa shape index (κ2) is 6.65. The molecule has 23 heavy (non-hydrogen) atoms. The van der Waals surface area contributed by atoms with E-state index in [4.69, 9.17) is 0 Å². The second-order valence-electron chi connectivity index (χ2n) is 5.87. The summed E-state index contributed by atoms with van der Waals surface area (Å²) >= 11 is 0. The number of nitrogens with zero attached hydrogens (tertiary/aromatic N) is 1. The second-order valence-corrected chi connectivity index (χ2v) is 5.87. The maximum Gasteiger partial charge on any atom is 0.251 e. The van der Waals surface area contributed by atoms with Crippen molar-refractivity contribution in [2.45, 2.75) is 26.3 Å². The van der Waals surface area contributed by atoms with E-state index in [1.54, 1.807) is 17.0 Å². The molecule has 0 saturated carbocycles. The van der Waals surface area contributed by atoms with Crippen LogP contribution in [0.15, 0.2) is 48.5 Å². The third-order valence-electron chi connectivity index (χ3n) is 4.03. The standard InChI is InChI=1S/C19H20N2O2/c1-14-5-2-6-15(11-14)13-20-19(23)16-7-3-8-17(12-16)21-10-4-9-18(21)22/h2-3,5-8,11-12H,4,9-10,13H2,1H3,(H,20,23). The van der Waals surface area contributed by atoms with E-state index in [9.17, 15) is 9.59 Å². The highest BCUT2D eigenvalue weighted by atomic mass is 16.2. The molecule has 4 heteroatoms. The number of aryl methyl sites for hydroxylation is 1. The third kappa shape index (κ3) is 3.59. The Hall–Kier alpha value is -2.62. The van der Waals surface area contributed by atoms with Crippen molar-refractivity contribution in [3.05, 3.63) is 65.2 Å². The number of nitrogens with one attached hydrogen (secondary N) is 1. The first-order chi connectivity index (χ1) is 11.1. The summed E-state index contributed by atoms with van der Waals surface area (Å²) in [5, 5.41) is 2.93. The van der Waals surface area contributed by atoms with Crippen LogP contribution in [-0.4, -0.2) is 18.4 Å². The van der Waals surface area contributed by atoms with Crippen LogP contribution in [-0.2, 0) is 11.3 Å². The average molecular weight is 308 g/mol. The van der Waals surface area contributed by atoms with Crippen molar-refractivity contribution >= 4 is 17.5 Å². The summed E-state index contributed by atoms with van der Waals surface area (Å²) in [6.45, 7) is 3.25. The normalized spacial score (nSPS) is 14.1. The first kappa shape index (κ1) is 15.3. The molecule has 0 unspecified atom stereocenters.